The van der Waals surface area contributed by atoms with Crippen LogP contribution in [0.1, 0.15) is 11.1 Å². The summed E-state index contributed by atoms with van der Waals surface area (Å²) in [6.45, 7) is 0. The second-order valence-corrected chi connectivity index (χ2v) is 3.98. The molecule has 0 aliphatic carbocycles. The molecule has 1 aliphatic rings. The van der Waals surface area contributed by atoms with Gasteiger partial charge in [0.15, 0.2) is 0 Å². The van der Waals surface area contributed by atoms with Crippen molar-refractivity contribution < 1.29 is 4.74 Å². The second-order valence-electron chi connectivity index (χ2n) is 3.98. The van der Waals surface area contributed by atoms with Gasteiger partial charge in [0.2, 0.25) is 5.72 Å². The number of benzene rings is 2. The Morgan fingerprint density at radius 1 is 0.765 bits per heavy atom. The minimum Gasteiger partial charge on any atom is -0.466 e. The Labute approximate surface area is 101 Å². The van der Waals surface area contributed by atoms with Gasteiger partial charge in [0, 0.05) is 17.3 Å². The van der Waals surface area contributed by atoms with Gasteiger partial charge in [0.05, 0.1) is 0 Å². The molecule has 0 bridgehead atoms. The lowest BCUT2D eigenvalue weighted by atomic mass is 9.94. The van der Waals surface area contributed by atoms with Crippen molar-refractivity contribution in [3.8, 4) is 0 Å². The maximum absolute atomic E-state index is 5.82. The van der Waals surface area contributed by atoms with Crippen molar-refractivity contribution >= 4 is 0 Å². The van der Waals surface area contributed by atoms with Gasteiger partial charge in [-0.25, -0.2) is 0 Å². The zero-order chi connectivity index (χ0) is 11.6. The first-order valence-electron chi connectivity index (χ1n) is 5.63. The third-order valence-electron chi connectivity index (χ3n) is 2.96. The van der Waals surface area contributed by atoms with Crippen molar-refractivity contribution in [1.82, 2.24) is 5.32 Å². The SMILES string of the molecule is C1=COC(c2ccccc2)(c2ccccc2)N1. The lowest BCUT2D eigenvalue weighted by Crippen LogP contribution is -2.38. The van der Waals surface area contributed by atoms with Crippen molar-refractivity contribution in [2.75, 3.05) is 0 Å². The summed E-state index contributed by atoms with van der Waals surface area (Å²) in [5.74, 6) is 0. The van der Waals surface area contributed by atoms with Gasteiger partial charge in [-0.15, -0.1) is 0 Å². The first-order valence-corrected chi connectivity index (χ1v) is 5.63. The molecule has 2 aromatic rings. The maximum atomic E-state index is 5.82. The fraction of sp³-hybridized carbons (Fsp3) is 0.0667. The molecule has 84 valence electrons. The van der Waals surface area contributed by atoms with Crippen molar-refractivity contribution in [2.45, 2.75) is 5.72 Å². The third kappa shape index (κ3) is 1.58. The number of nitrogens with one attached hydrogen (secondary N) is 1. The predicted octanol–water partition coefficient (Wildman–Crippen LogP) is 2.98. The van der Waals surface area contributed by atoms with E-state index in [-0.39, 0.29) is 0 Å². The van der Waals surface area contributed by atoms with E-state index in [4.69, 9.17) is 4.74 Å². The highest BCUT2D eigenvalue weighted by atomic mass is 16.5. The van der Waals surface area contributed by atoms with E-state index in [1.165, 1.54) is 0 Å². The largest absolute Gasteiger partial charge is 0.466 e. The molecule has 0 saturated heterocycles. The number of hydrogen-bond donors (Lipinski definition) is 1. The van der Waals surface area contributed by atoms with Crippen LogP contribution in [0.2, 0.25) is 0 Å². The standard InChI is InChI=1S/C15H13NO/c1-3-7-13(8-4-1)15(16-11-12-17-15)14-9-5-2-6-10-14/h1-12,16H. The summed E-state index contributed by atoms with van der Waals surface area (Å²) < 4.78 is 5.82. The van der Waals surface area contributed by atoms with E-state index < -0.39 is 5.72 Å². The van der Waals surface area contributed by atoms with E-state index in [2.05, 4.69) is 29.6 Å². The van der Waals surface area contributed by atoms with Gasteiger partial charge in [-0.2, -0.15) is 0 Å². The van der Waals surface area contributed by atoms with Crippen LogP contribution in [-0.4, -0.2) is 0 Å². The van der Waals surface area contributed by atoms with E-state index in [1.807, 2.05) is 42.6 Å². The van der Waals surface area contributed by atoms with Gasteiger partial charge in [0.25, 0.3) is 0 Å². The fourth-order valence-corrected chi connectivity index (χ4v) is 2.14. The monoisotopic (exact) mass is 223 g/mol. The second kappa shape index (κ2) is 3.98. The summed E-state index contributed by atoms with van der Waals surface area (Å²) >= 11 is 0. The molecule has 1 aliphatic heterocycles. The van der Waals surface area contributed by atoms with Crippen LogP contribution in [0.15, 0.2) is 73.1 Å². The average molecular weight is 223 g/mol. The number of hydrogen-bond acceptors (Lipinski definition) is 2. The predicted molar refractivity (Wildman–Crippen MR) is 67.0 cm³/mol. The molecule has 0 aromatic heterocycles. The van der Waals surface area contributed by atoms with E-state index in [1.54, 1.807) is 6.26 Å². The summed E-state index contributed by atoms with van der Waals surface area (Å²) in [6, 6.07) is 20.3. The molecule has 0 amide bonds. The van der Waals surface area contributed by atoms with Crippen LogP contribution in [0, 0.1) is 0 Å². The summed E-state index contributed by atoms with van der Waals surface area (Å²) in [6.07, 6.45) is 3.53. The zero-order valence-corrected chi connectivity index (χ0v) is 9.34. The molecule has 1 heterocycles. The molecule has 17 heavy (non-hydrogen) atoms. The maximum Gasteiger partial charge on any atom is 0.232 e. The van der Waals surface area contributed by atoms with Crippen LogP contribution >= 0.6 is 0 Å². The minimum absolute atomic E-state index is 0.581. The van der Waals surface area contributed by atoms with Gasteiger partial charge in [0.1, 0.15) is 6.26 Å². The van der Waals surface area contributed by atoms with Crippen molar-refractivity contribution in [3.63, 3.8) is 0 Å². The molecular formula is C15H13NO. The minimum atomic E-state index is -0.581. The normalized spacial score (nSPS) is 16.2. The van der Waals surface area contributed by atoms with Crippen LogP contribution in [0.5, 0.6) is 0 Å². The molecule has 0 spiro atoms. The molecular weight excluding hydrogens is 210 g/mol. The van der Waals surface area contributed by atoms with Gasteiger partial charge >= 0.3 is 0 Å². The molecule has 1 N–H and O–H groups in total. The van der Waals surface area contributed by atoms with Gasteiger partial charge in [-0.05, 0) is 0 Å². The molecule has 0 unspecified atom stereocenters. The highest BCUT2D eigenvalue weighted by Crippen LogP contribution is 2.33. The smallest absolute Gasteiger partial charge is 0.232 e. The van der Waals surface area contributed by atoms with Crippen LogP contribution in [-0.2, 0) is 10.5 Å². The fourth-order valence-electron chi connectivity index (χ4n) is 2.14. The quantitative estimate of drug-likeness (QED) is 0.845. The Bertz CT molecular complexity index is 470. The summed E-state index contributed by atoms with van der Waals surface area (Å²) in [5, 5.41) is 3.30. The van der Waals surface area contributed by atoms with Crippen molar-refractivity contribution in [3.05, 3.63) is 84.3 Å². The Balaban J connectivity index is 2.12. The van der Waals surface area contributed by atoms with E-state index in [0.29, 0.717) is 0 Å². The Kier molecular flexibility index (Phi) is 2.33. The van der Waals surface area contributed by atoms with Gasteiger partial charge in [-0.1, -0.05) is 60.7 Å². The third-order valence-corrected chi connectivity index (χ3v) is 2.96. The highest BCUT2D eigenvalue weighted by molar-refractivity contribution is 5.37. The molecule has 2 heteroatoms. The van der Waals surface area contributed by atoms with Crippen LogP contribution < -0.4 is 5.32 Å². The van der Waals surface area contributed by atoms with Gasteiger partial charge in [-0.3, -0.25) is 0 Å². The number of ether oxygens (including phenoxy) is 1. The topological polar surface area (TPSA) is 21.3 Å². The first kappa shape index (κ1) is 9.97. The summed E-state index contributed by atoms with van der Waals surface area (Å²) in [7, 11) is 0. The van der Waals surface area contributed by atoms with Crippen LogP contribution in [0.4, 0.5) is 0 Å². The molecule has 2 nitrogen and oxygen atoms in total. The Morgan fingerprint density at radius 2 is 1.29 bits per heavy atom. The molecule has 0 fully saturated rings. The van der Waals surface area contributed by atoms with E-state index in [0.717, 1.165) is 11.1 Å². The number of rotatable bonds is 2. The summed E-state index contributed by atoms with van der Waals surface area (Å²) in [5.41, 5.74) is 1.61. The summed E-state index contributed by atoms with van der Waals surface area (Å²) in [4.78, 5) is 0. The van der Waals surface area contributed by atoms with Crippen molar-refractivity contribution in [1.29, 1.82) is 0 Å². The average Bonchev–Trinajstić information content (AvgIpc) is 2.91. The molecule has 3 rings (SSSR count). The Hall–Kier alpha value is -2.22. The Morgan fingerprint density at radius 3 is 1.71 bits per heavy atom. The zero-order valence-electron chi connectivity index (χ0n) is 9.34. The van der Waals surface area contributed by atoms with E-state index >= 15 is 0 Å². The highest BCUT2D eigenvalue weighted by Gasteiger charge is 2.36. The molecule has 0 saturated carbocycles. The molecule has 0 radical (unpaired) electrons. The van der Waals surface area contributed by atoms with Crippen molar-refractivity contribution in [2.24, 2.45) is 0 Å². The lowest BCUT2D eigenvalue weighted by molar-refractivity contribution is 0.0626. The van der Waals surface area contributed by atoms with Crippen LogP contribution in [0.3, 0.4) is 0 Å². The van der Waals surface area contributed by atoms with E-state index in [9.17, 15) is 0 Å². The van der Waals surface area contributed by atoms with Gasteiger partial charge < -0.3 is 10.1 Å². The molecule has 2 aromatic carbocycles. The lowest BCUT2D eigenvalue weighted by Gasteiger charge is -2.30. The molecule has 0 atom stereocenters. The first-order chi connectivity index (χ1) is 8.42. The van der Waals surface area contributed by atoms with Crippen LogP contribution in [0.25, 0.3) is 0 Å².